The third-order valence-corrected chi connectivity index (χ3v) is 3.98. The van der Waals surface area contributed by atoms with Gasteiger partial charge in [-0.1, -0.05) is 13.8 Å². The van der Waals surface area contributed by atoms with Gasteiger partial charge in [-0.3, -0.25) is 0 Å². The number of ether oxygens (including phenoxy) is 1. The Morgan fingerprint density at radius 1 is 1.46 bits per heavy atom. The molecule has 0 saturated carbocycles. The molecule has 2 bridgehead atoms. The van der Waals surface area contributed by atoms with Crippen molar-refractivity contribution in [3.8, 4) is 0 Å². The van der Waals surface area contributed by atoms with Crippen LogP contribution in [0.3, 0.4) is 0 Å². The molecule has 2 fully saturated rings. The maximum atomic E-state index is 6.07. The van der Waals surface area contributed by atoms with Gasteiger partial charge in [-0.2, -0.15) is 0 Å². The highest BCUT2D eigenvalue weighted by Crippen LogP contribution is 2.43. The summed E-state index contributed by atoms with van der Waals surface area (Å²) in [6, 6.07) is 0.368. The Morgan fingerprint density at radius 2 is 2.23 bits per heavy atom. The molecule has 0 aromatic rings. The van der Waals surface area contributed by atoms with Crippen LogP contribution in [-0.2, 0) is 4.74 Å². The van der Waals surface area contributed by atoms with Crippen molar-refractivity contribution < 1.29 is 4.74 Å². The first-order valence-electron chi connectivity index (χ1n) is 5.63. The second-order valence-corrected chi connectivity index (χ2v) is 4.70. The summed E-state index contributed by atoms with van der Waals surface area (Å²) < 4.78 is 5.85. The molecule has 0 aromatic heterocycles. The highest BCUT2D eigenvalue weighted by Gasteiger charge is 2.43. The molecule has 0 amide bonds. The molecule has 0 aliphatic carbocycles. The van der Waals surface area contributed by atoms with Gasteiger partial charge in [0.1, 0.15) is 0 Å². The van der Waals surface area contributed by atoms with E-state index in [0.29, 0.717) is 24.2 Å². The monoisotopic (exact) mass is 183 g/mol. The molecule has 0 aromatic carbocycles. The van der Waals surface area contributed by atoms with Gasteiger partial charge in [0, 0.05) is 6.04 Å². The molecule has 2 saturated heterocycles. The zero-order valence-electron chi connectivity index (χ0n) is 8.70. The fourth-order valence-corrected chi connectivity index (χ4v) is 2.92. The number of fused-ring (bicyclic) bond motifs is 2. The summed E-state index contributed by atoms with van der Waals surface area (Å²) in [7, 11) is 0. The summed E-state index contributed by atoms with van der Waals surface area (Å²) in [4.78, 5) is 0. The zero-order valence-corrected chi connectivity index (χ0v) is 8.70. The van der Waals surface area contributed by atoms with E-state index in [4.69, 9.17) is 10.5 Å². The first kappa shape index (κ1) is 9.47. The molecule has 2 N–H and O–H groups in total. The van der Waals surface area contributed by atoms with E-state index >= 15 is 0 Å². The second kappa shape index (κ2) is 3.58. The Morgan fingerprint density at radius 3 is 2.69 bits per heavy atom. The van der Waals surface area contributed by atoms with E-state index in [2.05, 4.69) is 13.8 Å². The summed E-state index contributed by atoms with van der Waals surface area (Å²) in [6.45, 7) is 4.47. The lowest BCUT2D eigenvalue weighted by Crippen LogP contribution is -2.36. The van der Waals surface area contributed by atoms with E-state index in [-0.39, 0.29) is 0 Å². The Kier molecular flexibility index (Phi) is 2.61. The largest absolute Gasteiger partial charge is 0.375 e. The van der Waals surface area contributed by atoms with Gasteiger partial charge >= 0.3 is 0 Å². The third kappa shape index (κ3) is 1.62. The predicted molar refractivity (Wildman–Crippen MR) is 53.4 cm³/mol. The minimum atomic E-state index is 0.368. The van der Waals surface area contributed by atoms with E-state index < -0.39 is 0 Å². The molecule has 5 unspecified atom stereocenters. The number of hydrogen-bond donors (Lipinski definition) is 1. The number of nitrogens with two attached hydrogens (primary N) is 1. The van der Waals surface area contributed by atoms with Crippen LogP contribution in [0.25, 0.3) is 0 Å². The quantitative estimate of drug-likeness (QED) is 0.725. The lowest BCUT2D eigenvalue weighted by molar-refractivity contribution is 0.0801. The van der Waals surface area contributed by atoms with Gasteiger partial charge in [0.05, 0.1) is 12.2 Å². The van der Waals surface area contributed by atoms with Gasteiger partial charge in [0.15, 0.2) is 0 Å². The Bertz CT molecular complexity index is 183. The highest BCUT2D eigenvalue weighted by atomic mass is 16.5. The van der Waals surface area contributed by atoms with Crippen molar-refractivity contribution in [2.24, 2.45) is 17.6 Å². The van der Waals surface area contributed by atoms with Gasteiger partial charge in [0.2, 0.25) is 0 Å². The molecule has 5 atom stereocenters. The molecule has 0 radical (unpaired) electrons. The lowest BCUT2D eigenvalue weighted by atomic mass is 9.77. The van der Waals surface area contributed by atoms with Gasteiger partial charge in [-0.05, 0) is 37.5 Å². The Hall–Kier alpha value is -0.0800. The van der Waals surface area contributed by atoms with Crippen LogP contribution in [0.1, 0.15) is 39.5 Å². The molecule has 2 aliphatic rings. The third-order valence-electron chi connectivity index (χ3n) is 3.98. The van der Waals surface area contributed by atoms with E-state index in [1.54, 1.807) is 0 Å². The standard InChI is InChI=1S/C11H21NO/c1-3-10(12)7(2)9-6-8-4-5-11(9)13-8/h7-11H,3-6,12H2,1-2H3. The van der Waals surface area contributed by atoms with Crippen LogP contribution in [0, 0.1) is 11.8 Å². The molecule has 0 spiro atoms. The maximum Gasteiger partial charge on any atom is 0.0612 e. The van der Waals surface area contributed by atoms with Crippen molar-refractivity contribution >= 4 is 0 Å². The number of hydrogen-bond acceptors (Lipinski definition) is 2. The Labute approximate surface area is 80.8 Å². The van der Waals surface area contributed by atoms with Crippen LogP contribution < -0.4 is 5.73 Å². The molecular formula is C11H21NO. The van der Waals surface area contributed by atoms with Crippen LogP contribution in [0.5, 0.6) is 0 Å². The summed E-state index contributed by atoms with van der Waals surface area (Å²) >= 11 is 0. The van der Waals surface area contributed by atoms with Crippen molar-refractivity contribution in [3.05, 3.63) is 0 Å². The van der Waals surface area contributed by atoms with Crippen molar-refractivity contribution in [2.45, 2.75) is 57.8 Å². The minimum Gasteiger partial charge on any atom is -0.375 e. The molecule has 2 heteroatoms. The van der Waals surface area contributed by atoms with E-state index in [0.717, 1.165) is 12.3 Å². The van der Waals surface area contributed by atoms with Crippen molar-refractivity contribution in [3.63, 3.8) is 0 Å². The van der Waals surface area contributed by atoms with Crippen molar-refractivity contribution in [1.82, 2.24) is 0 Å². The van der Waals surface area contributed by atoms with Crippen LogP contribution in [-0.4, -0.2) is 18.2 Å². The van der Waals surface area contributed by atoms with Crippen LogP contribution in [0.15, 0.2) is 0 Å². The highest BCUT2D eigenvalue weighted by molar-refractivity contribution is 4.93. The fourth-order valence-electron chi connectivity index (χ4n) is 2.92. The predicted octanol–water partition coefficient (Wildman–Crippen LogP) is 1.93. The average Bonchev–Trinajstić information content (AvgIpc) is 2.76. The molecule has 2 aliphatic heterocycles. The first-order valence-corrected chi connectivity index (χ1v) is 5.63. The SMILES string of the molecule is CCC(N)C(C)C1CC2CCC1O2. The normalized spacial score (nSPS) is 42.2. The van der Waals surface area contributed by atoms with Gasteiger partial charge in [-0.15, -0.1) is 0 Å². The first-order chi connectivity index (χ1) is 6.22. The summed E-state index contributed by atoms with van der Waals surface area (Å²) in [6.07, 6.45) is 6.03. The Balaban J connectivity index is 1.94. The van der Waals surface area contributed by atoms with E-state index in [1.807, 2.05) is 0 Å². The van der Waals surface area contributed by atoms with Gasteiger partial charge < -0.3 is 10.5 Å². The molecular weight excluding hydrogens is 162 g/mol. The second-order valence-electron chi connectivity index (χ2n) is 4.70. The van der Waals surface area contributed by atoms with Crippen LogP contribution in [0.4, 0.5) is 0 Å². The van der Waals surface area contributed by atoms with Gasteiger partial charge in [-0.25, -0.2) is 0 Å². The van der Waals surface area contributed by atoms with Crippen molar-refractivity contribution in [1.29, 1.82) is 0 Å². The topological polar surface area (TPSA) is 35.2 Å². The summed E-state index contributed by atoms with van der Waals surface area (Å²) in [5.41, 5.74) is 6.07. The molecule has 2 rings (SSSR count). The maximum absolute atomic E-state index is 6.07. The summed E-state index contributed by atoms with van der Waals surface area (Å²) in [5, 5.41) is 0. The van der Waals surface area contributed by atoms with Crippen LogP contribution in [0.2, 0.25) is 0 Å². The summed E-state index contributed by atoms with van der Waals surface area (Å²) in [5.74, 6) is 1.38. The van der Waals surface area contributed by atoms with Crippen molar-refractivity contribution in [2.75, 3.05) is 0 Å². The zero-order chi connectivity index (χ0) is 9.42. The van der Waals surface area contributed by atoms with E-state index in [9.17, 15) is 0 Å². The van der Waals surface area contributed by atoms with Crippen LogP contribution >= 0.6 is 0 Å². The molecule has 2 nitrogen and oxygen atoms in total. The molecule has 13 heavy (non-hydrogen) atoms. The fraction of sp³-hybridized carbons (Fsp3) is 1.00. The molecule has 2 heterocycles. The van der Waals surface area contributed by atoms with Gasteiger partial charge in [0.25, 0.3) is 0 Å². The minimum absolute atomic E-state index is 0.368. The average molecular weight is 183 g/mol. The smallest absolute Gasteiger partial charge is 0.0612 e. The number of rotatable bonds is 3. The lowest BCUT2D eigenvalue weighted by Gasteiger charge is -2.29. The van der Waals surface area contributed by atoms with E-state index in [1.165, 1.54) is 19.3 Å². The molecule has 76 valence electrons.